The maximum absolute atomic E-state index is 12.4. The average Bonchev–Trinajstić information content (AvgIpc) is 3.37. The largest absolute Gasteiger partial charge is 0.365 e. The number of thiophene rings is 1. The smallest absolute Gasteiger partial charge is 0.259 e. The number of primary amides is 1. The molecule has 1 amide bonds. The minimum absolute atomic E-state index is 0.157. The summed E-state index contributed by atoms with van der Waals surface area (Å²) in [5, 5.41) is 4.83. The topological polar surface area (TPSA) is 118 Å². The van der Waals surface area contributed by atoms with E-state index in [9.17, 15) is 4.79 Å². The molecule has 164 valence electrons. The molecule has 0 fully saturated rings. The molecule has 2 N–H and O–H groups in total. The Morgan fingerprint density at radius 3 is 2.91 bits per heavy atom. The SMILES string of the molecule is C[C@@H]1CCc2ncnc(-c3cc([C@@H](CN=[N+]=[N-])Cc4ccc(Cl)cc4Cl)c(C(N)=O)s3)c21. The number of benzene rings is 1. The lowest BCUT2D eigenvalue weighted by molar-refractivity contribution is 0.100. The fourth-order valence-electron chi connectivity index (χ4n) is 4.22. The van der Waals surface area contributed by atoms with Gasteiger partial charge in [0.25, 0.3) is 5.91 Å². The molecule has 32 heavy (non-hydrogen) atoms. The van der Waals surface area contributed by atoms with Gasteiger partial charge in [-0.2, -0.15) is 0 Å². The van der Waals surface area contributed by atoms with Gasteiger partial charge in [0.2, 0.25) is 0 Å². The number of rotatable bonds is 7. The van der Waals surface area contributed by atoms with Crippen LogP contribution in [0.2, 0.25) is 10.0 Å². The number of carbonyl (C=O) groups excluding carboxylic acids is 1. The summed E-state index contributed by atoms with van der Waals surface area (Å²) in [7, 11) is 0. The Labute approximate surface area is 199 Å². The summed E-state index contributed by atoms with van der Waals surface area (Å²) in [5.41, 5.74) is 19.3. The summed E-state index contributed by atoms with van der Waals surface area (Å²) >= 11 is 13.7. The minimum atomic E-state index is -0.525. The van der Waals surface area contributed by atoms with Gasteiger partial charge in [0.15, 0.2) is 0 Å². The van der Waals surface area contributed by atoms with Gasteiger partial charge in [0.05, 0.1) is 15.4 Å². The van der Waals surface area contributed by atoms with E-state index < -0.39 is 5.91 Å². The third-order valence-corrected chi connectivity index (χ3v) is 7.54. The van der Waals surface area contributed by atoms with Gasteiger partial charge in [-0.3, -0.25) is 4.79 Å². The first-order valence-electron chi connectivity index (χ1n) is 10.1. The molecule has 0 radical (unpaired) electrons. The molecule has 1 aliphatic rings. The van der Waals surface area contributed by atoms with Crippen LogP contribution in [0.15, 0.2) is 35.7 Å². The maximum Gasteiger partial charge on any atom is 0.259 e. The van der Waals surface area contributed by atoms with Crippen molar-refractivity contribution in [2.75, 3.05) is 6.54 Å². The van der Waals surface area contributed by atoms with Gasteiger partial charge in [0, 0.05) is 32.8 Å². The first-order chi connectivity index (χ1) is 15.4. The summed E-state index contributed by atoms with van der Waals surface area (Å²) < 4.78 is 0. The molecule has 0 spiro atoms. The molecule has 1 aromatic carbocycles. The van der Waals surface area contributed by atoms with Crippen LogP contribution < -0.4 is 5.73 Å². The van der Waals surface area contributed by atoms with Crippen LogP contribution >= 0.6 is 34.5 Å². The zero-order valence-electron chi connectivity index (χ0n) is 17.3. The van der Waals surface area contributed by atoms with Gasteiger partial charge in [-0.05, 0) is 66.0 Å². The normalized spacial score (nSPS) is 15.8. The Morgan fingerprint density at radius 1 is 1.38 bits per heavy atom. The van der Waals surface area contributed by atoms with Crippen LogP contribution in [-0.4, -0.2) is 22.4 Å². The van der Waals surface area contributed by atoms with Gasteiger partial charge >= 0.3 is 0 Å². The van der Waals surface area contributed by atoms with Gasteiger partial charge in [-0.25, -0.2) is 9.97 Å². The zero-order chi connectivity index (χ0) is 22.8. The standard InChI is InChI=1S/C22H20Cl2N6OS/c1-11-2-5-17-19(11)20(28-10-27-17)18-8-15(21(32-18)22(25)31)13(9-29-30-26)6-12-3-4-14(23)7-16(12)24/h3-4,7-8,10-11,13H,2,5-6,9H2,1H3,(H2,25,31)/t11-,13-/m1/s1. The number of fused-ring (bicyclic) bond motifs is 1. The van der Waals surface area contributed by atoms with E-state index in [-0.39, 0.29) is 12.5 Å². The highest BCUT2D eigenvalue weighted by atomic mass is 35.5. The quantitative estimate of drug-likeness (QED) is 0.239. The molecule has 2 atom stereocenters. The number of azide groups is 1. The Kier molecular flexibility index (Phi) is 6.67. The number of hydrogen-bond acceptors (Lipinski definition) is 5. The highest BCUT2D eigenvalue weighted by Gasteiger charge is 2.28. The van der Waals surface area contributed by atoms with Gasteiger partial charge < -0.3 is 5.73 Å². The zero-order valence-corrected chi connectivity index (χ0v) is 19.6. The molecule has 4 rings (SSSR count). The van der Waals surface area contributed by atoms with Crippen LogP contribution in [-0.2, 0) is 12.8 Å². The molecule has 1 aliphatic carbocycles. The van der Waals surface area contributed by atoms with Crippen LogP contribution in [0.1, 0.15) is 57.2 Å². The van der Waals surface area contributed by atoms with Crippen molar-refractivity contribution in [3.63, 3.8) is 0 Å². The lowest BCUT2D eigenvalue weighted by Crippen LogP contribution is -2.15. The number of aryl methyl sites for hydroxylation is 1. The highest BCUT2D eigenvalue weighted by Crippen LogP contribution is 2.42. The summed E-state index contributed by atoms with van der Waals surface area (Å²) in [4.78, 5) is 25.5. The predicted octanol–water partition coefficient (Wildman–Crippen LogP) is 6.30. The molecule has 0 bridgehead atoms. The van der Waals surface area contributed by atoms with E-state index in [2.05, 4.69) is 26.9 Å². The number of nitrogens with two attached hydrogens (primary N) is 1. The number of carbonyl (C=O) groups is 1. The minimum Gasteiger partial charge on any atom is -0.365 e. The molecule has 2 aromatic heterocycles. The highest BCUT2D eigenvalue weighted by molar-refractivity contribution is 7.17. The molecule has 0 saturated carbocycles. The third kappa shape index (κ3) is 4.45. The van der Waals surface area contributed by atoms with Gasteiger partial charge in [-0.15, -0.1) is 11.3 Å². The van der Waals surface area contributed by atoms with Crippen molar-refractivity contribution >= 4 is 40.4 Å². The van der Waals surface area contributed by atoms with E-state index in [0.717, 1.165) is 45.8 Å². The number of hydrogen-bond donors (Lipinski definition) is 1. The number of amides is 1. The van der Waals surface area contributed by atoms with Crippen molar-refractivity contribution in [1.82, 2.24) is 9.97 Å². The summed E-state index contributed by atoms with van der Waals surface area (Å²) in [5.74, 6) is -0.469. The fraction of sp³-hybridized carbons (Fsp3) is 0.318. The molecular formula is C22H20Cl2N6OS. The van der Waals surface area contributed by atoms with Gasteiger partial charge in [-0.1, -0.05) is 41.3 Å². The van der Waals surface area contributed by atoms with E-state index in [0.29, 0.717) is 27.3 Å². The molecule has 0 unspecified atom stereocenters. The molecule has 10 heteroatoms. The Balaban J connectivity index is 1.80. The van der Waals surface area contributed by atoms with E-state index in [4.69, 9.17) is 34.5 Å². The third-order valence-electron chi connectivity index (χ3n) is 5.78. The second kappa shape index (κ2) is 9.46. The van der Waals surface area contributed by atoms with E-state index in [1.165, 1.54) is 11.3 Å². The Morgan fingerprint density at radius 2 is 2.19 bits per heavy atom. The van der Waals surface area contributed by atoms with Crippen molar-refractivity contribution in [1.29, 1.82) is 0 Å². The average molecular weight is 487 g/mol. The molecule has 0 aliphatic heterocycles. The first kappa shape index (κ1) is 22.6. The van der Waals surface area contributed by atoms with Crippen LogP contribution in [0, 0.1) is 0 Å². The van der Waals surface area contributed by atoms with Crippen molar-refractivity contribution in [3.05, 3.63) is 78.3 Å². The second-order valence-corrected chi connectivity index (χ2v) is 9.73. The molecular weight excluding hydrogens is 467 g/mol. The van der Waals surface area contributed by atoms with Crippen LogP contribution in [0.4, 0.5) is 0 Å². The lowest BCUT2D eigenvalue weighted by Gasteiger charge is -2.16. The number of nitrogens with zero attached hydrogens (tertiary/aromatic N) is 5. The van der Waals surface area contributed by atoms with Crippen LogP contribution in [0.5, 0.6) is 0 Å². The summed E-state index contributed by atoms with van der Waals surface area (Å²) in [6, 6.07) is 7.21. The monoisotopic (exact) mass is 486 g/mol. The molecule has 3 aromatic rings. The lowest BCUT2D eigenvalue weighted by atomic mass is 9.91. The molecule has 0 saturated heterocycles. The number of aromatic nitrogens is 2. The Hall–Kier alpha value is -2.64. The van der Waals surface area contributed by atoms with E-state index >= 15 is 0 Å². The predicted molar refractivity (Wildman–Crippen MR) is 128 cm³/mol. The van der Waals surface area contributed by atoms with Crippen molar-refractivity contribution < 1.29 is 4.79 Å². The number of halogens is 2. The van der Waals surface area contributed by atoms with Crippen molar-refractivity contribution in [3.8, 4) is 10.6 Å². The molecule has 7 nitrogen and oxygen atoms in total. The Bertz CT molecular complexity index is 1240. The second-order valence-electron chi connectivity index (χ2n) is 7.83. The summed E-state index contributed by atoms with van der Waals surface area (Å²) in [6.45, 7) is 2.32. The van der Waals surface area contributed by atoms with Crippen molar-refractivity contribution in [2.24, 2.45) is 10.8 Å². The first-order valence-corrected chi connectivity index (χ1v) is 11.7. The summed E-state index contributed by atoms with van der Waals surface area (Å²) in [6.07, 6.45) is 3.97. The van der Waals surface area contributed by atoms with E-state index in [1.807, 2.05) is 12.1 Å². The van der Waals surface area contributed by atoms with Gasteiger partial charge in [0.1, 0.15) is 6.33 Å². The maximum atomic E-state index is 12.4. The fourth-order valence-corrected chi connectivity index (χ4v) is 5.82. The van der Waals surface area contributed by atoms with E-state index in [1.54, 1.807) is 18.5 Å². The van der Waals surface area contributed by atoms with Crippen LogP contribution in [0.25, 0.3) is 21.0 Å². The van der Waals surface area contributed by atoms with Crippen molar-refractivity contribution in [2.45, 2.75) is 38.0 Å². The molecule has 2 heterocycles. The van der Waals surface area contributed by atoms with Crippen LogP contribution in [0.3, 0.4) is 0 Å².